The number of carbonyl (C=O) groups excluding carboxylic acids is 2. The molecule has 0 heterocycles. The lowest BCUT2D eigenvalue weighted by molar-refractivity contribution is -0.220. The van der Waals surface area contributed by atoms with E-state index in [1.54, 1.807) is 13.0 Å². The molecule has 5 fully saturated rings. The van der Waals surface area contributed by atoms with Crippen LogP contribution in [0.3, 0.4) is 0 Å². The minimum Gasteiger partial charge on any atom is -0.461 e. The van der Waals surface area contributed by atoms with Crippen LogP contribution in [0, 0.1) is 46.3 Å². The maximum atomic E-state index is 14.0. The summed E-state index contributed by atoms with van der Waals surface area (Å²) in [5.74, 6) is -0.198. The Kier molecular flexibility index (Phi) is 10.5. The van der Waals surface area contributed by atoms with Crippen LogP contribution in [0.4, 0.5) is 0 Å². The standard InChI is InChI=1S/C40H63NO7/c1-6-7-8-9-10-11-12-41-36(44)47-24-30-17-31-35(48-33(42)23-38-19-27-14-28(20-38)16-29(15-27)21-38)37(4,5)18-26(3)40(31,46)32-13-25(2)34(43)39(32,45)22-30/h13,17,26-29,31-32,35-36,41,44-46H,6-12,14-16,18-24H2,1-5H3/t26-,27?,28?,29?,31+,32-,35+,36?,38?,39-,40-/m1/s1. The van der Waals surface area contributed by atoms with E-state index in [0.29, 0.717) is 30.5 Å². The van der Waals surface area contributed by atoms with Gasteiger partial charge in [0.25, 0.3) is 0 Å². The molecule has 7 rings (SSSR count). The van der Waals surface area contributed by atoms with E-state index in [-0.39, 0.29) is 36.1 Å². The van der Waals surface area contributed by atoms with Crippen LogP contribution in [0.15, 0.2) is 23.3 Å². The number of fused-ring (bicyclic) bond motifs is 3. The second-order valence-electron chi connectivity index (χ2n) is 18.0. The summed E-state index contributed by atoms with van der Waals surface area (Å²) in [4.78, 5) is 27.6. The largest absolute Gasteiger partial charge is 0.461 e. The third-order valence-corrected chi connectivity index (χ3v) is 13.6. The highest BCUT2D eigenvalue weighted by molar-refractivity contribution is 6.04. The molecule has 270 valence electrons. The van der Waals surface area contributed by atoms with Crippen molar-refractivity contribution < 1.29 is 34.4 Å². The lowest BCUT2D eigenvalue weighted by Gasteiger charge is -2.58. The molecule has 7 aliphatic rings. The zero-order valence-electron chi connectivity index (χ0n) is 30.3. The second kappa shape index (κ2) is 13.9. The fraction of sp³-hybridized carbons (Fsp3) is 0.850. The summed E-state index contributed by atoms with van der Waals surface area (Å²) in [6.07, 6.45) is 16.9. The molecule has 48 heavy (non-hydrogen) atoms. The summed E-state index contributed by atoms with van der Waals surface area (Å²) in [5.41, 5.74) is -2.75. The first-order valence-corrected chi connectivity index (χ1v) is 19.3. The van der Waals surface area contributed by atoms with E-state index in [2.05, 4.69) is 26.1 Å². The number of unbranched alkanes of at least 4 members (excludes halogenated alkanes) is 5. The molecule has 0 aromatic rings. The fourth-order valence-corrected chi connectivity index (χ4v) is 11.9. The summed E-state index contributed by atoms with van der Waals surface area (Å²) >= 11 is 0. The fourth-order valence-electron chi connectivity index (χ4n) is 11.9. The number of hydrogen-bond donors (Lipinski definition) is 4. The maximum Gasteiger partial charge on any atom is 0.306 e. The van der Waals surface area contributed by atoms with Gasteiger partial charge in [-0.2, -0.15) is 0 Å². The number of ether oxygens (including phenoxy) is 2. The number of ketones is 1. The lowest BCUT2D eigenvalue weighted by Crippen LogP contribution is -2.65. The molecule has 1 unspecified atom stereocenters. The molecule has 0 radical (unpaired) electrons. The van der Waals surface area contributed by atoms with Crippen LogP contribution < -0.4 is 5.32 Å². The minimum atomic E-state index is -1.84. The van der Waals surface area contributed by atoms with Gasteiger partial charge in [0, 0.05) is 23.7 Å². The average Bonchev–Trinajstić information content (AvgIpc) is 3.16. The smallest absolute Gasteiger partial charge is 0.306 e. The van der Waals surface area contributed by atoms with Crippen molar-refractivity contribution in [1.82, 2.24) is 5.32 Å². The summed E-state index contributed by atoms with van der Waals surface area (Å²) in [6.45, 7) is 10.7. The predicted octanol–water partition coefficient (Wildman–Crippen LogP) is 6.37. The highest BCUT2D eigenvalue weighted by atomic mass is 16.6. The van der Waals surface area contributed by atoms with Gasteiger partial charge in [-0.15, -0.1) is 0 Å². The summed E-state index contributed by atoms with van der Waals surface area (Å²) in [6, 6.07) is 0. The molecule has 0 aliphatic heterocycles. The van der Waals surface area contributed by atoms with Crippen molar-refractivity contribution in [2.45, 2.75) is 155 Å². The van der Waals surface area contributed by atoms with Gasteiger partial charge in [0.2, 0.25) is 6.41 Å². The highest BCUT2D eigenvalue weighted by Crippen LogP contribution is 2.62. The Balaban J connectivity index is 1.22. The number of aliphatic hydroxyl groups excluding tert-OH is 1. The maximum absolute atomic E-state index is 14.0. The van der Waals surface area contributed by atoms with Crippen molar-refractivity contribution in [3.63, 3.8) is 0 Å². The van der Waals surface area contributed by atoms with Crippen molar-refractivity contribution in [2.24, 2.45) is 46.3 Å². The van der Waals surface area contributed by atoms with Crippen LogP contribution in [0.2, 0.25) is 0 Å². The van der Waals surface area contributed by atoms with Crippen LogP contribution >= 0.6 is 0 Å². The zero-order valence-corrected chi connectivity index (χ0v) is 30.3. The number of esters is 1. The second-order valence-corrected chi connectivity index (χ2v) is 18.0. The first kappa shape index (κ1) is 36.2. The molecule has 0 aromatic heterocycles. The third kappa shape index (κ3) is 6.87. The van der Waals surface area contributed by atoms with Gasteiger partial charge < -0.3 is 24.8 Å². The van der Waals surface area contributed by atoms with Gasteiger partial charge in [-0.1, -0.05) is 72.0 Å². The molecule has 4 N–H and O–H groups in total. The zero-order chi connectivity index (χ0) is 34.5. The van der Waals surface area contributed by atoms with E-state index in [1.807, 2.05) is 13.0 Å². The van der Waals surface area contributed by atoms with E-state index < -0.39 is 41.0 Å². The molecular weight excluding hydrogens is 606 g/mol. The van der Waals surface area contributed by atoms with Gasteiger partial charge in [-0.05, 0) is 105 Å². The Bertz CT molecular complexity index is 1240. The molecule has 0 spiro atoms. The number of carbonyl (C=O) groups is 2. The van der Waals surface area contributed by atoms with Crippen molar-refractivity contribution in [1.29, 1.82) is 0 Å². The van der Waals surface area contributed by atoms with Crippen molar-refractivity contribution in [3.8, 4) is 0 Å². The first-order valence-electron chi connectivity index (χ1n) is 19.3. The number of hydrogen-bond acceptors (Lipinski definition) is 8. The Morgan fingerprint density at radius 3 is 2.25 bits per heavy atom. The van der Waals surface area contributed by atoms with Gasteiger partial charge in [0.15, 0.2) is 5.78 Å². The first-order chi connectivity index (χ1) is 22.7. The van der Waals surface area contributed by atoms with Gasteiger partial charge in [-0.3, -0.25) is 14.9 Å². The Labute approximate surface area is 288 Å². The molecule has 0 saturated heterocycles. The Morgan fingerprint density at radius 1 is 0.979 bits per heavy atom. The molecule has 7 aliphatic carbocycles. The van der Waals surface area contributed by atoms with E-state index in [0.717, 1.165) is 49.9 Å². The Hall–Kier alpha value is -1.58. The van der Waals surface area contributed by atoms with Gasteiger partial charge in [0.05, 0.1) is 18.6 Å². The quantitative estimate of drug-likeness (QED) is 0.0729. The topological polar surface area (TPSA) is 125 Å². The molecule has 5 saturated carbocycles. The monoisotopic (exact) mass is 669 g/mol. The lowest BCUT2D eigenvalue weighted by atomic mass is 9.49. The van der Waals surface area contributed by atoms with Crippen molar-refractivity contribution in [2.75, 3.05) is 13.2 Å². The SMILES string of the molecule is CCCCCCCCNC(O)OCC1=C[C@H]2[C@H](OC(=O)CC34CC5CC(CC(C5)C3)C4)C(C)(C)C[C@@H](C)[C@]2(O)[C@@H]2C=C(C)C(=O)[C@@]2(O)C1. The van der Waals surface area contributed by atoms with Crippen LogP contribution in [-0.2, 0) is 19.1 Å². The molecule has 7 atom stereocenters. The number of nitrogens with one attached hydrogen (secondary N) is 1. The predicted molar refractivity (Wildman–Crippen MR) is 184 cm³/mol. The minimum absolute atomic E-state index is 0.0195. The molecule has 4 bridgehead atoms. The third-order valence-electron chi connectivity index (χ3n) is 13.6. The highest BCUT2D eigenvalue weighted by Gasteiger charge is 2.67. The van der Waals surface area contributed by atoms with Crippen LogP contribution in [0.25, 0.3) is 0 Å². The summed E-state index contributed by atoms with van der Waals surface area (Å²) in [5, 5.41) is 38.7. The van der Waals surface area contributed by atoms with Crippen molar-refractivity contribution in [3.05, 3.63) is 23.3 Å². The molecular formula is C40H63NO7. The van der Waals surface area contributed by atoms with Crippen LogP contribution in [0.5, 0.6) is 0 Å². The van der Waals surface area contributed by atoms with Crippen LogP contribution in [0.1, 0.15) is 131 Å². The van der Waals surface area contributed by atoms with Gasteiger partial charge in [-0.25, -0.2) is 0 Å². The van der Waals surface area contributed by atoms with E-state index in [9.17, 15) is 24.9 Å². The summed E-state index contributed by atoms with van der Waals surface area (Å²) < 4.78 is 12.4. The Morgan fingerprint density at radius 2 is 1.60 bits per heavy atom. The number of rotatable bonds is 14. The van der Waals surface area contributed by atoms with Gasteiger partial charge in [0.1, 0.15) is 11.7 Å². The molecule has 0 amide bonds. The van der Waals surface area contributed by atoms with Gasteiger partial charge >= 0.3 is 5.97 Å². The number of aliphatic hydroxyl groups is 3. The van der Waals surface area contributed by atoms with Crippen LogP contribution in [-0.4, -0.2) is 63.9 Å². The molecule has 8 nitrogen and oxygen atoms in total. The normalized spacial score (nSPS) is 41.7. The molecule has 0 aromatic carbocycles. The van der Waals surface area contributed by atoms with Crippen molar-refractivity contribution >= 4 is 11.8 Å². The average molecular weight is 670 g/mol. The van der Waals surface area contributed by atoms with E-state index in [4.69, 9.17) is 9.47 Å². The number of Topliss-reactive ketones (excluding diaryl/α,β-unsaturated/α-hetero) is 1. The van der Waals surface area contributed by atoms with E-state index >= 15 is 0 Å². The summed E-state index contributed by atoms with van der Waals surface area (Å²) in [7, 11) is 0. The van der Waals surface area contributed by atoms with E-state index in [1.165, 1.54) is 44.9 Å². The molecule has 8 heteroatoms.